The summed E-state index contributed by atoms with van der Waals surface area (Å²) in [5, 5.41) is 0. The fraction of sp³-hybridized carbons (Fsp3) is 0.455. The van der Waals surface area contributed by atoms with Crippen LogP contribution in [0.3, 0.4) is 0 Å². The largest absolute Gasteiger partial charge is 0.354 e. The fourth-order valence-electron chi connectivity index (χ4n) is 3.78. The van der Waals surface area contributed by atoms with Crippen LogP contribution in [0.25, 0.3) is 0 Å². The van der Waals surface area contributed by atoms with Crippen molar-refractivity contribution in [3.63, 3.8) is 0 Å². The minimum Gasteiger partial charge on any atom is -0.354 e. The predicted molar refractivity (Wildman–Crippen MR) is 119 cm³/mol. The van der Waals surface area contributed by atoms with Gasteiger partial charge in [-0.15, -0.1) is 12.4 Å². The number of pyridine rings is 1. The molecule has 1 saturated heterocycles. The molecular formula is C22H31ClN4O. The van der Waals surface area contributed by atoms with Crippen molar-refractivity contribution in [1.82, 2.24) is 9.88 Å². The molecule has 152 valence electrons. The third-order valence-electron chi connectivity index (χ3n) is 5.54. The van der Waals surface area contributed by atoms with Crippen LogP contribution in [0.1, 0.15) is 37.0 Å². The van der Waals surface area contributed by atoms with Crippen LogP contribution in [0.5, 0.6) is 0 Å². The molecule has 1 aromatic carbocycles. The second-order valence-electron chi connectivity index (χ2n) is 7.10. The molecule has 0 unspecified atom stereocenters. The Kier molecular flexibility index (Phi) is 8.27. The van der Waals surface area contributed by atoms with E-state index in [-0.39, 0.29) is 18.3 Å². The molecule has 6 heteroatoms. The molecule has 0 aliphatic carbocycles. The summed E-state index contributed by atoms with van der Waals surface area (Å²) < 4.78 is 0. The van der Waals surface area contributed by atoms with Gasteiger partial charge in [-0.3, -0.25) is 9.69 Å². The number of anilines is 2. The maximum absolute atomic E-state index is 12.7. The molecule has 0 radical (unpaired) electrons. The summed E-state index contributed by atoms with van der Waals surface area (Å²) in [6.07, 6.45) is 4.12. The van der Waals surface area contributed by atoms with Gasteiger partial charge in [0.25, 0.3) is 5.91 Å². The molecule has 0 bridgehead atoms. The molecule has 1 fully saturated rings. The molecule has 0 saturated carbocycles. The maximum atomic E-state index is 12.7. The van der Waals surface area contributed by atoms with Crippen molar-refractivity contribution in [2.75, 3.05) is 43.0 Å². The van der Waals surface area contributed by atoms with E-state index < -0.39 is 0 Å². The Bertz CT molecular complexity index is 726. The molecule has 1 amide bonds. The molecule has 0 atom stereocenters. The average molecular weight is 403 g/mol. The van der Waals surface area contributed by atoms with Crippen molar-refractivity contribution < 1.29 is 4.79 Å². The molecule has 0 spiro atoms. The molecule has 1 aromatic heterocycles. The van der Waals surface area contributed by atoms with E-state index in [1.165, 1.54) is 12.8 Å². The lowest BCUT2D eigenvalue weighted by molar-refractivity contribution is 0.0992. The number of para-hydroxylation sites is 1. The first-order chi connectivity index (χ1) is 13.1. The van der Waals surface area contributed by atoms with Crippen LogP contribution in [0.15, 0.2) is 48.7 Å². The molecule has 5 nitrogen and oxygen atoms in total. The Hall–Kier alpha value is -2.11. The van der Waals surface area contributed by atoms with Crippen LogP contribution in [-0.2, 0) is 0 Å². The van der Waals surface area contributed by atoms with Gasteiger partial charge in [-0.2, -0.15) is 0 Å². The van der Waals surface area contributed by atoms with Crippen LogP contribution < -0.4 is 9.80 Å². The summed E-state index contributed by atoms with van der Waals surface area (Å²) in [7, 11) is 1.79. The third-order valence-corrected chi connectivity index (χ3v) is 5.54. The summed E-state index contributed by atoms with van der Waals surface area (Å²) in [6, 6.07) is 14.2. The van der Waals surface area contributed by atoms with Crippen molar-refractivity contribution in [2.45, 2.75) is 32.7 Å². The number of hydrogen-bond donors (Lipinski definition) is 0. The first kappa shape index (κ1) is 22.2. The third kappa shape index (κ3) is 5.03. The first-order valence-corrected chi connectivity index (χ1v) is 9.92. The predicted octanol–water partition coefficient (Wildman–Crippen LogP) is 4.09. The van der Waals surface area contributed by atoms with Crippen molar-refractivity contribution in [3.05, 3.63) is 54.2 Å². The van der Waals surface area contributed by atoms with Gasteiger partial charge in [0.15, 0.2) is 0 Å². The normalized spacial score (nSPS) is 14.6. The van der Waals surface area contributed by atoms with E-state index in [1.54, 1.807) is 18.1 Å². The van der Waals surface area contributed by atoms with Crippen LogP contribution in [0.4, 0.5) is 11.5 Å². The van der Waals surface area contributed by atoms with Gasteiger partial charge in [0.2, 0.25) is 0 Å². The molecule has 3 rings (SSSR count). The number of benzene rings is 1. The molecule has 2 heterocycles. The van der Waals surface area contributed by atoms with E-state index in [0.29, 0.717) is 11.6 Å². The van der Waals surface area contributed by atoms with Crippen molar-refractivity contribution >= 4 is 29.8 Å². The van der Waals surface area contributed by atoms with E-state index in [4.69, 9.17) is 0 Å². The first-order valence-electron chi connectivity index (χ1n) is 9.92. The van der Waals surface area contributed by atoms with Crippen molar-refractivity contribution in [1.29, 1.82) is 0 Å². The molecule has 28 heavy (non-hydrogen) atoms. The molecule has 2 aromatic rings. The second-order valence-corrected chi connectivity index (χ2v) is 7.10. The maximum Gasteiger partial charge on any atom is 0.259 e. The number of halogens is 1. The van der Waals surface area contributed by atoms with Gasteiger partial charge >= 0.3 is 0 Å². The Labute approximate surface area is 174 Å². The van der Waals surface area contributed by atoms with E-state index in [2.05, 4.69) is 28.6 Å². The molecule has 1 aliphatic rings. The standard InChI is InChI=1S/C22H30N4O.ClH/c1-4-19(5-2)25-13-15-26(16-14-25)21-12-11-18(17-23-21)22(27)24(3)20-9-7-6-8-10-20;/h6-12,17,19H,4-5,13-16H2,1-3H3;1H. The van der Waals surface area contributed by atoms with Gasteiger partial charge in [0, 0.05) is 51.2 Å². The number of piperazine rings is 1. The van der Waals surface area contributed by atoms with E-state index in [0.717, 1.165) is 37.7 Å². The topological polar surface area (TPSA) is 39.7 Å². The Morgan fingerprint density at radius 3 is 2.21 bits per heavy atom. The van der Waals surface area contributed by atoms with Crippen LogP contribution in [0.2, 0.25) is 0 Å². The SMILES string of the molecule is CCC(CC)N1CCN(c2ccc(C(=O)N(C)c3ccccc3)cn2)CC1.Cl. The number of carbonyl (C=O) groups excluding carboxylic acids is 1. The summed E-state index contributed by atoms with van der Waals surface area (Å²) in [4.78, 5) is 23.8. The molecule has 1 aliphatic heterocycles. The average Bonchev–Trinajstić information content (AvgIpc) is 2.75. The van der Waals surface area contributed by atoms with Gasteiger partial charge in [0.05, 0.1) is 5.56 Å². The minimum absolute atomic E-state index is 0. The summed E-state index contributed by atoms with van der Waals surface area (Å²) in [5.41, 5.74) is 1.49. The number of aromatic nitrogens is 1. The number of nitrogens with zero attached hydrogens (tertiary/aromatic N) is 4. The van der Waals surface area contributed by atoms with Gasteiger partial charge in [-0.1, -0.05) is 32.0 Å². The zero-order valence-electron chi connectivity index (χ0n) is 17.0. The number of hydrogen-bond acceptors (Lipinski definition) is 4. The highest BCUT2D eigenvalue weighted by atomic mass is 35.5. The van der Waals surface area contributed by atoms with E-state index in [1.807, 2.05) is 42.5 Å². The summed E-state index contributed by atoms with van der Waals surface area (Å²) in [5.74, 6) is 0.914. The van der Waals surface area contributed by atoms with Crippen LogP contribution >= 0.6 is 12.4 Å². The van der Waals surface area contributed by atoms with Gasteiger partial charge in [-0.25, -0.2) is 4.98 Å². The lowest BCUT2D eigenvalue weighted by atomic mass is 10.1. The highest BCUT2D eigenvalue weighted by Gasteiger charge is 2.22. The van der Waals surface area contributed by atoms with Gasteiger partial charge in [-0.05, 0) is 37.1 Å². The fourth-order valence-corrected chi connectivity index (χ4v) is 3.78. The second kappa shape index (κ2) is 10.4. The van der Waals surface area contributed by atoms with E-state index in [9.17, 15) is 4.79 Å². The summed E-state index contributed by atoms with van der Waals surface area (Å²) in [6.45, 7) is 8.66. The quantitative estimate of drug-likeness (QED) is 0.729. The molecular weight excluding hydrogens is 372 g/mol. The molecule has 0 N–H and O–H groups in total. The lowest BCUT2D eigenvalue weighted by Gasteiger charge is -2.39. The van der Waals surface area contributed by atoms with Gasteiger partial charge in [0.1, 0.15) is 5.82 Å². The summed E-state index contributed by atoms with van der Waals surface area (Å²) >= 11 is 0. The van der Waals surface area contributed by atoms with Gasteiger partial charge < -0.3 is 9.80 Å². The van der Waals surface area contributed by atoms with Crippen LogP contribution in [-0.4, -0.2) is 55.1 Å². The number of rotatable bonds is 6. The Balaban J connectivity index is 0.00000280. The minimum atomic E-state index is -0.0428. The number of carbonyl (C=O) groups is 1. The van der Waals surface area contributed by atoms with Crippen molar-refractivity contribution in [3.8, 4) is 0 Å². The monoisotopic (exact) mass is 402 g/mol. The number of amides is 1. The van der Waals surface area contributed by atoms with Crippen molar-refractivity contribution in [2.24, 2.45) is 0 Å². The highest BCUT2D eigenvalue weighted by molar-refractivity contribution is 6.05. The Morgan fingerprint density at radius 1 is 1.04 bits per heavy atom. The zero-order valence-corrected chi connectivity index (χ0v) is 17.9. The Morgan fingerprint density at radius 2 is 1.68 bits per heavy atom. The lowest BCUT2D eigenvalue weighted by Crippen LogP contribution is -2.50. The highest BCUT2D eigenvalue weighted by Crippen LogP contribution is 2.19. The smallest absolute Gasteiger partial charge is 0.259 e. The van der Waals surface area contributed by atoms with E-state index >= 15 is 0 Å². The zero-order chi connectivity index (χ0) is 19.2. The van der Waals surface area contributed by atoms with Crippen LogP contribution in [0, 0.1) is 0 Å².